The molecule has 2 heterocycles. The number of hydrogen-bond acceptors (Lipinski definition) is 5. The van der Waals surface area contributed by atoms with Gasteiger partial charge in [-0.2, -0.15) is 0 Å². The summed E-state index contributed by atoms with van der Waals surface area (Å²) < 4.78 is 5.10. The predicted octanol–water partition coefficient (Wildman–Crippen LogP) is 2.01. The van der Waals surface area contributed by atoms with Gasteiger partial charge >= 0.3 is 6.09 Å². The zero-order chi connectivity index (χ0) is 15.9. The number of piperidine rings is 1. The van der Waals surface area contributed by atoms with Crippen molar-refractivity contribution >= 4 is 11.9 Å². The number of carbonyl (C=O) groups is 1. The van der Waals surface area contributed by atoms with Crippen LogP contribution in [0.5, 0.6) is 0 Å². The number of hydrogen-bond donors (Lipinski definition) is 2. The molecule has 0 saturated carbocycles. The molecule has 0 unspecified atom stereocenters. The van der Waals surface area contributed by atoms with Crippen molar-refractivity contribution in [3.63, 3.8) is 0 Å². The van der Waals surface area contributed by atoms with Crippen LogP contribution in [0, 0.1) is 5.92 Å². The molecule has 2 atom stereocenters. The van der Waals surface area contributed by atoms with E-state index in [9.17, 15) is 4.79 Å². The van der Waals surface area contributed by atoms with Crippen molar-refractivity contribution in [1.82, 2.24) is 15.2 Å². The number of nitrogens with zero attached hydrogens (tertiary/aromatic N) is 2. The smallest absolute Gasteiger partial charge is 0.409 e. The minimum Gasteiger partial charge on any atom is -0.450 e. The molecule has 1 aromatic heterocycles. The Morgan fingerprint density at radius 1 is 1.64 bits per heavy atom. The third kappa shape index (κ3) is 4.59. The first-order chi connectivity index (χ1) is 10.6. The Morgan fingerprint density at radius 3 is 3.18 bits per heavy atom. The maximum absolute atomic E-state index is 11.8. The molecule has 1 aromatic rings. The number of ether oxygens (including phenoxy) is 1. The molecule has 0 spiro atoms. The Morgan fingerprint density at radius 2 is 2.45 bits per heavy atom. The lowest BCUT2D eigenvalue weighted by Crippen LogP contribution is -2.46. The van der Waals surface area contributed by atoms with E-state index in [1.807, 2.05) is 24.0 Å². The molecule has 0 radical (unpaired) electrons. The molecule has 0 aliphatic carbocycles. The fourth-order valence-corrected chi connectivity index (χ4v) is 2.85. The van der Waals surface area contributed by atoms with Crippen LogP contribution in [0.3, 0.4) is 0 Å². The first-order valence-corrected chi connectivity index (χ1v) is 7.95. The summed E-state index contributed by atoms with van der Waals surface area (Å²) >= 11 is 0. The zero-order valence-corrected chi connectivity index (χ0v) is 13.4. The van der Waals surface area contributed by atoms with E-state index in [2.05, 4.69) is 17.2 Å². The van der Waals surface area contributed by atoms with Gasteiger partial charge in [-0.05, 0) is 50.3 Å². The van der Waals surface area contributed by atoms with Gasteiger partial charge in [-0.15, -0.1) is 0 Å². The third-order valence-electron chi connectivity index (χ3n) is 4.16. The number of nitrogen functional groups attached to an aromatic ring is 1. The number of aromatic nitrogens is 1. The van der Waals surface area contributed by atoms with Crippen molar-refractivity contribution in [1.29, 1.82) is 0 Å². The summed E-state index contributed by atoms with van der Waals surface area (Å²) in [5, 5.41) is 3.53. The van der Waals surface area contributed by atoms with Crippen LogP contribution in [-0.4, -0.2) is 41.7 Å². The molecule has 2 rings (SSSR count). The van der Waals surface area contributed by atoms with Crippen molar-refractivity contribution in [2.24, 2.45) is 5.92 Å². The largest absolute Gasteiger partial charge is 0.450 e. The fourth-order valence-electron chi connectivity index (χ4n) is 2.85. The second-order valence-corrected chi connectivity index (χ2v) is 5.81. The molecule has 6 nitrogen and oxygen atoms in total. The summed E-state index contributed by atoms with van der Waals surface area (Å²) in [7, 11) is 0. The SMILES string of the molecule is CCOC(=O)N1CCC[C@@H]([C@H](C)NCc2ccnc(N)c2)C1. The van der Waals surface area contributed by atoms with E-state index in [1.165, 1.54) is 0 Å². The van der Waals surface area contributed by atoms with Gasteiger partial charge in [0.15, 0.2) is 0 Å². The third-order valence-corrected chi connectivity index (χ3v) is 4.16. The summed E-state index contributed by atoms with van der Waals surface area (Å²) in [6.45, 7) is 6.74. The van der Waals surface area contributed by atoms with Crippen LogP contribution in [0.4, 0.5) is 10.6 Å². The Balaban J connectivity index is 1.83. The number of nitrogens with two attached hydrogens (primary N) is 1. The molecule has 6 heteroatoms. The van der Waals surface area contributed by atoms with Crippen LogP contribution in [-0.2, 0) is 11.3 Å². The molecule has 1 aliphatic heterocycles. The first kappa shape index (κ1) is 16.5. The summed E-state index contributed by atoms with van der Waals surface area (Å²) in [6, 6.07) is 4.17. The zero-order valence-electron chi connectivity index (χ0n) is 13.4. The topological polar surface area (TPSA) is 80.5 Å². The van der Waals surface area contributed by atoms with Gasteiger partial charge in [0.1, 0.15) is 5.82 Å². The Bertz CT molecular complexity index is 495. The van der Waals surface area contributed by atoms with Crippen molar-refractivity contribution in [2.75, 3.05) is 25.4 Å². The van der Waals surface area contributed by atoms with Gasteiger partial charge in [0, 0.05) is 31.9 Å². The van der Waals surface area contributed by atoms with Crippen LogP contribution in [0.25, 0.3) is 0 Å². The maximum atomic E-state index is 11.8. The quantitative estimate of drug-likeness (QED) is 0.870. The van der Waals surface area contributed by atoms with Gasteiger partial charge < -0.3 is 20.7 Å². The van der Waals surface area contributed by atoms with Crippen LogP contribution in [0.15, 0.2) is 18.3 Å². The van der Waals surface area contributed by atoms with E-state index < -0.39 is 0 Å². The van der Waals surface area contributed by atoms with Crippen LogP contribution in [0.1, 0.15) is 32.3 Å². The van der Waals surface area contributed by atoms with E-state index in [0.717, 1.165) is 38.0 Å². The van der Waals surface area contributed by atoms with Crippen molar-refractivity contribution in [2.45, 2.75) is 39.3 Å². The number of nitrogens with one attached hydrogen (secondary N) is 1. The Hall–Kier alpha value is -1.82. The normalized spacial score (nSPS) is 19.7. The summed E-state index contributed by atoms with van der Waals surface area (Å²) in [4.78, 5) is 17.7. The monoisotopic (exact) mass is 306 g/mol. The minimum atomic E-state index is -0.193. The highest BCUT2D eigenvalue weighted by Gasteiger charge is 2.27. The number of pyridine rings is 1. The van der Waals surface area contributed by atoms with Crippen molar-refractivity contribution in [3.8, 4) is 0 Å². The average Bonchev–Trinajstić information content (AvgIpc) is 2.53. The highest BCUT2D eigenvalue weighted by Crippen LogP contribution is 2.20. The van der Waals surface area contributed by atoms with E-state index >= 15 is 0 Å². The standard InChI is InChI=1S/C16H26N4O2/c1-3-22-16(21)20-8-4-5-14(11-20)12(2)19-10-13-6-7-18-15(17)9-13/h6-7,9,12,14,19H,3-5,8,10-11H2,1-2H3,(H2,17,18)/t12-,14+/m0/s1. The van der Waals surface area contributed by atoms with Crippen molar-refractivity contribution in [3.05, 3.63) is 23.9 Å². The Labute approximate surface area is 132 Å². The van der Waals surface area contributed by atoms with Gasteiger partial charge in [0.2, 0.25) is 0 Å². The highest BCUT2D eigenvalue weighted by atomic mass is 16.6. The molecule has 1 saturated heterocycles. The van der Waals surface area contributed by atoms with Gasteiger partial charge in [-0.25, -0.2) is 9.78 Å². The molecule has 122 valence electrons. The number of anilines is 1. The van der Waals surface area contributed by atoms with Gasteiger partial charge in [-0.3, -0.25) is 0 Å². The van der Waals surface area contributed by atoms with Gasteiger partial charge in [0.25, 0.3) is 0 Å². The van der Waals surface area contributed by atoms with Gasteiger partial charge in [0.05, 0.1) is 6.61 Å². The van der Waals surface area contributed by atoms with Gasteiger partial charge in [-0.1, -0.05) is 0 Å². The molecular weight excluding hydrogens is 280 g/mol. The number of amides is 1. The van der Waals surface area contributed by atoms with E-state index in [1.54, 1.807) is 6.20 Å². The van der Waals surface area contributed by atoms with E-state index in [0.29, 0.717) is 24.4 Å². The average molecular weight is 306 g/mol. The number of rotatable bonds is 5. The predicted molar refractivity (Wildman–Crippen MR) is 86.3 cm³/mol. The van der Waals surface area contributed by atoms with Crippen LogP contribution < -0.4 is 11.1 Å². The van der Waals surface area contributed by atoms with E-state index in [-0.39, 0.29) is 6.09 Å². The molecule has 0 aromatic carbocycles. The fraction of sp³-hybridized carbons (Fsp3) is 0.625. The highest BCUT2D eigenvalue weighted by molar-refractivity contribution is 5.67. The van der Waals surface area contributed by atoms with Crippen LogP contribution >= 0.6 is 0 Å². The molecule has 3 N–H and O–H groups in total. The minimum absolute atomic E-state index is 0.193. The Kier molecular flexibility index (Phi) is 6.00. The van der Waals surface area contributed by atoms with Crippen molar-refractivity contribution < 1.29 is 9.53 Å². The summed E-state index contributed by atoms with van der Waals surface area (Å²) in [5.74, 6) is 0.982. The lowest BCUT2D eigenvalue weighted by molar-refractivity contribution is 0.0830. The summed E-state index contributed by atoms with van der Waals surface area (Å²) in [5.41, 5.74) is 6.81. The second-order valence-electron chi connectivity index (χ2n) is 5.81. The van der Waals surface area contributed by atoms with Crippen LogP contribution in [0.2, 0.25) is 0 Å². The molecule has 0 bridgehead atoms. The molecular formula is C16H26N4O2. The summed E-state index contributed by atoms with van der Waals surface area (Å²) in [6.07, 6.45) is 3.68. The molecule has 1 aliphatic rings. The first-order valence-electron chi connectivity index (χ1n) is 7.95. The van der Waals surface area contributed by atoms with E-state index in [4.69, 9.17) is 10.5 Å². The molecule has 1 amide bonds. The lowest BCUT2D eigenvalue weighted by Gasteiger charge is -2.35. The number of likely N-dealkylation sites (tertiary alicyclic amines) is 1. The lowest BCUT2D eigenvalue weighted by atomic mass is 9.91. The number of carbonyl (C=O) groups excluding carboxylic acids is 1. The maximum Gasteiger partial charge on any atom is 0.409 e. The molecule has 22 heavy (non-hydrogen) atoms. The molecule has 1 fully saturated rings. The second kappa shape index (κ2) is 7.98.